The summed E-state index contributed by atoms with van der Waals surface area (Å²) < 4.78 is 5.90. The third-order valence-electron chi connectivity index (χ3n) is 3.72. The second kappa shape index (κ2) is 8.08. The van der Waals surface area contributed by atoms with Gasteiger partial charge in [-0.05, 0) is 45.1 Å². The Labute approximate surface area is 101 Å². The van der Waals surface area contributed by atoms with Crippen molar-refractivity contribution >= 4 is 0 Å². The fourth-order valence-electron chi connectivity index (χ4n) is 2.92. The van der Waals surface area contributed by atoms with Crippen LogP contribution >= 0.6 is 0 Å². The van der Waals surface area contributed by atoms with Gasteiger partial charge in [0.1, 0.15) is 0 Å². The molecule has 0 bridgehead atoms. The lowest BCUT2D eigenvalue weighted by Gasteiger charge is -2.32. The lowest BCUT2D eigenvalue weighted by molar-refractivity contribution is 0.0158. The van der Waals surface area contributed by atoms with Crippen molar-refractivity contribution in [2.45, 2.75) is 71.4 Å². The Morgan fingerprint density at radius 1 is 1.19 bits per heavy atom. The zero-order valence-electron chi connectivity index (χ0n) is 11.3. The summed E-state index contributed by atoms with van der Waals surface area (Å²) in [6.07, 6.45) is 8.38. The van der Waals surface area contributed by atoms with E-state index in [1.165, 1.54) is 32.1 Å². The van der Waals surface area contributed by atoms with E-state index in [0.717, 1.165) is 25.5 Å². The van der Waals surface area contributed by atoms with E-state index in [2.05, 4.69) is 26.1 Å². The number of hydrogen-bond acceptors (Lipinski definition) is 2. The molecule has 2 unspecified atom stereocenters. The SMILES string of the molecule is CCCNC(C1CCCC1)C(CC)OCC. The molecule has 2 nitrogen and oxygen atoms in total. The largest absolute Gasteiger partial charge is 0.377 e. The van der Waals surface area contributed by atoms with Gasteiger partial charge in [0.05, 0.1) is 6.10 Å². The van der Waals surface area contributed by atoms with Crippen LogP contribution in [0.5, 0.6) is 0 Å². The minimum Gasteiger partial charge on any atom is -0.377 e. The van der Waals surface area contributed by atoms with Crippen molar-refractivity contribution in [3.63, 3.8) is 0 Å². The first-order valence-corrected chi connectivity index (χ1v) is 7.18. The molecule has 0 radical (unpaired) electrons. The molecule has 1 fully saturated rings. The highest BCUT2D eigenvalue weighted by Crippen LogP contribution is 2.30. The minimum atomic E-state index is 0.416. The maximum absolute atomic E-state index is 5.90. The maximum Gasteiger partial charge on any atom is 0.0727 e. The van der Waals surface area contributed by atoms with E-state index in [9.17, 15) is 0 Å². The molecule has 0 aliphatic heterocycles. The maximum atomic E-state index is 5.90. The van der Waals surface area contributed by atoms with Gasteiger partial charge in [-0.1, -0.05) is 26.7 Å². The molecule has 1 saturated carbocycles. The van der Waals surface area contributed by atoms with E-state index >= 15 is 0 Å². The lowest BCUT2D eigenvalue weighted by Crippen LogP contribution is -2.46. The van der Waals surface area contributed by atoms with Gasteiger partial charge in [-0.3, -0.25) is 0 Å². The van der Waals surface area contributed by atoms with Gasteiger partial charge in [0.25, 0.3) is 0 Å². The first-order valence-electron chi connectivity index (χ1n) is 7.18. The summed E-state index contributed by atoms with van der Waals surface area (Å²) in [4.78, 5) is 0. The molecular formula is C14H29NO. The first kappa shape index (κ1) is 14.0. The fraction of sp³-hybridized carbons (Fsp3) is 1.00. The molecule has 16 heavy (non-hydrogen) atoms. The van der Waals surface area contributed by atoms with Crippen LogP contribution in [0.3, 0.4) is 0 Å². The van der Waals surface area contributed by atoms with Crippen molar-refractivity contribution in [1.29, 1.82) is 0 Å². The van der Waals surface area contributed by atoms with Gasteiger partial charge in [0.2, 0.25) is 0 Å². The number of ether oxygens (including phenoxy) is 1. The van der Waals surface area contributed by atoms with Gasteiger partial charge < -0.3 is 10.1 Å². The normalized spacial score (nSPS) is 21.2. The molecule has 2 atom stereocenters. The van der Waals surface area contributed by atoms with Crippen LogP contribution in [-0.2, 0) is 4.74 Å². The number of rotatable bonds is 8. The van der Waals surface area contributed by atoms with Gasteiger partial charge in [-0.2, -0.15) is 0 Å². The standard InChI is InChI=1S/C14H29NO/c1-4-11-15-14(12-9-7-8-10-12)13(5-2)16-6-3/h12-15H,4-11H2,1-3H3. The third-order valence-corrected chi connectivity index (χ3v) is 3.72. The van der Waals surface area contributed by atoms with E-state index in [1.54, 1.807) is 0 Å². The van der Waals surface area contributed by atoms with Crippen LogP contribution in [0.1, 0.15) is 59.3 Å². The molecule has 1 N–H and O–H groups in total. The van der Waals surface area contributed by atoms with Crippen molar-refractivity contribution < 1.29 is 4.74 Å². The van der Waals surface area contributed by atoms with Crippen LogP contribution in [-0.4, -0.2) is 25.3 Å². The molecule has 96 valence electrons. The number of hydrogen-bond donors (Lipinski definition) is 1. The molecule has 1 rings (SSSR count). The second-order valence-corrected chi connectivity index (χ2v) is 4.93. The van der Waals surface area contributed by atoms with Crippen LogP contribution in [0, 0.1) is 5.92 Å². The Bertz CT molecular complexity index is 166. The van der Waals surface area contributed by atoms with Crippen LogP contribution in [0.15, 0.2) is 0 Å². The third kappa shape index (κ3) is 4.06. The van der Waals surface area contributed by atoms with E-state index in [0.29, 0.717) is 12.1 Å². The second-order valence-electron chi connectivity index (χ2n) is 4.93. The summed E-state index contributed by atoms with van der Waals surface area (Å²) in [5, 5.41) is 3.72. The molecule has 0 aromatic carbocycles. The highest BCUT2D eigenvalue weighted by atomic mass is 16.5. The summed E-state index contributed by atoms with van der Waals surface area (Å²) in [6, 6.07) is 0.590. The highest BCUT2D eigenvalue weighted by molar-refractivity contribution is 4.86. The Hall–Kier alpha value is -0.0800. The predicted molar refractivity (Wildman–Crippen MR) is 69.7 cm³/mol. The van der Waals surface area contributed by atoms with Gasteiger partial charge in [0.15, 0.2) is 0 Å². The van der Waals surface area contributed by atoms with Crippen molar-refractivity contribution in [3.8, 4) is 0 Å². The first-order chi connectivity index (χ1) is 7.83. The van der Waals surface area contributed by atoms with E-state index in [1.807, 2.05) is 0 Å². The summed E-state index contributed by atoms with van der Waals surface area (Å²) in [7, 11) is 0. The Morgan fingerprint density at radius 3 is 2.38 bits per heavy atom. The topological polar surface area (TPSA) is 21.3 Å². The Morgan fingerprint density at radius 2 is 1.88 bits per heavy atom. The molecule has 0 spiro atoms. The van der Waals surface area contributed by atoms with Crippen molar-refractivity contribution in [2.24, 2.45) is 5.92 Å². The van der Waals surface area contributed by atoms with Crippen LogP contribution < -0.4 is 5.32 Å². The van der Waals surface area contributed by atoms with E-state index in [4.69, 9.17) is 4.74 Å². The molecule has 1 aliphatic carbocycles. The molecule has 0 saturated heterocycles. The van der Waals surface area contributed by atoms with Crippen LogP contribution in [0.25, 0.3) is 0 Å². The Kier molecular flexibility index (Phi) is 7.06. The molecule has 1 aliphatic rings. The summed E-state index contributed by atoms with van der Waals surface area (Å²) >= 11 is 0. The monoisotopic (exact) mass is 227 g/mol. The minimum absolute atomic E-state index is 0.416. The molecule has 0 heterocycles. The summed E-state index contributed by atoms with van der Waals surface area (Å²) in [6.45, 7) is 8.56. The summed E-state index contributed by atoms with van der Waals surface area (Å²) in [5.41, 5.74) is 0. The lowest BCUT2D eigenvalue weighted by atomic mass is 9.92. The number of nitrogens with one attached hydrogen (secondary N) is 1. The molecule has 0 amide bonds. The van der Waals surface area contributed by atoms with Crippen molar-refractivity contribution in [2.75, 3.05) is 13.2 Å². The average Bonchev–Trinajstić information content (AvgIpc) is 2.81. The highest BCUT2D eigenvalue weighted by Gasteiger charge is 2.30. The van der Waals surface area contributed by atoms with Gasteiger partial charge in [-0.25, -0.2) is 0 Å². The zero-order chi connectivity index (χ0) is 11.8. The van der Waals surface area contributed by atoms with Gasteiger partial charge in [-0.15, -0.1) is 0 Å². The van der Waals surface area contributed by atoms with E-state index in [-0.39, 0.29) is 0 Å². The smallest absolute Gasteiger partial charge is 0.0727 e. The molecule has 0 aromatic heterocycles. The molecular weight excluding hydrogens is 198 g/mol. The van der Waals surface area contributed by atoms with E-state index < -0.39 is 0 Å². The predicted octanol–water partition coefficient (Wildman–Crippen LogP) is 3.36. The van der Waals surface area contributed by atoms with Crippen LogP contribution in [0.4, 0.5) is 0 Å². The zero-order valence-corrected chi connectivity index (χ0v) is 11.3. The quantitative estimate of drug-likeness (QED) is 0.686. The van der Waals surface area contributed by atoms with Gasteiger partial charge in [0, 0.05) is 12.6 Å². The van der Waals surface area contributed by atoms with Crippen LogP contribution in [0.2, 0.25) is 0 Å². The average molecular weight is 227 g/mol. The Balaban J connectivity index is 2.52. The van der Waals surface area contributed by atoms with Crippen molar-refractivity contribution in [3.05, 3.63) is 0 Å². The molecule has 2 heteroatoms. The van der Waals surface area contributed by atoms with Crippen molar-refractivity contribution in [1.82, 2.24) is 5.32 Å². The molecule has 0 aromatic rings. The fourth-order valence-corrected chi connectivity index (χ4v) is 2.92. The summed E-state index contributed by atoms with van der Waals surface area (Å²) in [5.74, 6) is 0.850. The van der Waals surface area contributed by atoms with Gasteiger partial charge >= 0.3 is 0 Å².